The molecule has 0 aliphatic carbocycles. The minimum atomic E-state index is -0.478. The average Bonchev–Trinajstić information content (AvgIpc) is 3.13. The van der Waals surface area contributed by atoms with E-state index >= 15 is 0 Å². The number of esters is 1. The summed E-state index contributed by atoms with van der Waals surface area (Å²) in [6.45, 7) is 2.39. The van der Waals surface area contributed by atoms with E-state index in [9.17, 15) is 4.79 Å². The first-order chi connectivity index (χ1) is 14.6. The molecule has 0 aromatic heterocycles. The number of nitrogens with zero attached hydrogens (tertiary/aromatic N) is 1. The number of carbonyl (C=O) groups is 1. The van der Waals surface area contributed by atoms with Gasteiger partial charge >= 0.3 is 5.97 Å². The first-order valence-electron chi connectivity index (χ1n) is 9.57. The predicted octanol–water partition coefficient (Wildman–Crippen LogP) is 4.93. The number of ether oxygens (including phenoxy) is 3. The number of methoxy groups -OCH3 is 1. The van der Waals surface area contributed by atoms with Crippen molar-refractivity contribution in [1.29, 1.82) is 0 Å². The van der Waals surface area contributed by atoms with E-state index in [2.05, 4.69) is 4.99 Å². The van der Waals surface area contributed by atoms with E-state index in [0.717, 1.165) is 22.3 Å². The topological polar surface area (TPSA) is 57.1 Å². The highest BCUT2D eigenvalue weighted by atomic mass is 16.6. The highest BCUT2D eigenvalue weighted by molar-refractivity contribution is 6.12. The molecular formula is C25H21NO4. The fraction of sp³-hybridized carbons (Fsp3) is 0.120. The molecule has 0 saturated carbocycles. The summed E-state index contributed by atoms with van der Waals surface area (Å²) in [7, 11) is 1.59. The molecule has 0 saturated heterocycles. The fourth-order valence-electron chi connectivity index (χ4n) is 3.10. The largest absolute Gasteiger partial charge is 0.493 e. The van der Waals surface area contributed by atoms with E-state index in [4.69, 9.17) is 14.2 Å². The molecule has 0 spiro atoms. The Kier molecular flexibility index (Phi) is 5.61. The number of aliphatic imine (C=N–C) groups is 1. The summed E-state index contributed by atoms with van der Waals surface area (Å²) >= 11 is 0. The maximum atomic E-state index is 12.3. The second kappa shape index (κ2) is 8.66. The minimum absolute atomic E-state index is 0.241. The van der Waals surface area contributed by atoms with Crippen LogP contribution >= 0.6 is 0 Å². The van der Waals surface area contributed by atoms with Crippen molar-refractivity contribution in [1.82, 2.24) is 0 Å². The summed E-state index contributed by atoms with van der Waals surface area (Å²) in [4.78, 5) is 16.7. The summed E-state index contributed by atoms with van der Waals surface area (Å²) in [5.41, 5.74) is 3.90. The van der Waals surface area contributed by atoms with Crippen LogP contribution in [0, 0.1) is 6.92 Å². The van der Waals surface area contributed by atoms with Crippen LogP contribution < -0.4 is 9.47 Å². The highest BCUT2D eigenvalue weighted by Gasteiger charge is 2.24. The van der Waals surface area contributed by atoms with Crippen LogP contribution in [0.25, 0.3) is 6.08 Å². The SMILES string of the molecule is COc1ccc(/C=C2\N=C(c3cccc(C)c3)OC2=O)cc1OCc1ccccc1. The molecule has 0 amide bonds. The monoisotopic (exact) mass is 399 g/mol. The molecule has 0 N–H and O–H groups in total. The van der Waals surface area contributed by atoms with Crippen LogP contribution in [0.4, 0.5) is 0 Å². The van der Waals surface area contributed by atoms with Gasteiger partial charge in [0, 0.05) is 5.56 Å². The zero-order valence-electron chi connectivity index (χ0n) is 16.8. The third kappa shape index (κ3) is 4.41. The molecule has 3 aromatic carbocycles. The highest BCUT2D eigenvalue weighted by Crippen LogP contribution is 2.30. The lowest BCUT2D eigenvalue weighted by Crippen LogP contribution is -2.05. The lowest BCUT2D eigenvalue weighted by molar-refractivity contribution is -0.129. The van der Waals surface area contributed by atoms with Crippen molar-refractivity contribution in [2.24, 2.45) is 4.99 Å². The van der Waals surface area contributed by atoms with Crippen LogP contribution in [0.5, 0.6) is 11.5 Å². The number of benzene rings is 3. The average molecular weight is 399 g/mol. The molecular weight excluding hydrogens is 378 g/mol. The van der Waals surface area contributed by atoms with Crippen molar-refractivity contribution in [2.45, 2.75) is 13.5 Å². The van der Waals surface area contributed by atoms with Gasteiger partial charge in [-0.05, 0) is 48.4 Å². The van der Waals surface area contributed by atoms with Gasteiger partial charge in [-0.1, -0.05) is 54.1 Å². The molecule has 1 heterocycles. The minimum Gasteiger partial charge on any atom is -0.493 e. The fourth-order valence-corrected chi connectivity index (χ4v) is 3.10. The Morgan fingerprint density at radius 3 is 2.57 bits per heavy atom. The summed E-state index contributed by atoms with van der Waals surface area (Å²) < 4.78 is 16.7. The zero-order chi connectivity index (χ0) is 20.9. The third-order valence-electron chi connectivity index (χ3n) is 4.61. The van der Waals surface area contributed by atoms with E-state index < -0.39 is 5.97 Å². The molecule has 4 rings (SSSR count). The second-order valence-corrected chi connectivity index (χ2v) is 6.89. The molecule has 5 nitrogen and oxygen atoms in total. The number of cyclic esters (lactones) is 1. The Hall–Kier alpha value is -3.86. The predicted molar refractivity (Wildman–Crippen MR) is 116 cm³/mol. The van der Waals surface area contributed by atoms with Crippen molar-refractivity contribution < 1.29 is 19.0 Å². The quantitative estimate of drug-likeness (QED) is 0.436. The van der Waals surface area contributed by atoms with Gasteiger partial charge in [-0.2, -0.15) is 0 Å². The second-order valence-electron chi connectivity index (χ2n) is 6.89. The van der Waals surface area contributed by atoms with E-state index in [1.165, 1.54) is 0 Å². The van der Waals surface area contributed by atoms with Crippen LogP contribution in [-0.2, 0) is 16.1 Å². The lowest BCUT2D eigenvalue weighted by Gasteiger charge is -2.11. The standard InChI is InChI=1S/C25H21NO4/c1-17-7-6-10-20(13-17)24-26-21(25(27)30-24)14-19-11-12-22(28-2)23(15-19)29-16-18-8-4-3-5-9-18/h3-15H,16H2,1-2H3/b21-14-. The number of hydrogen-bond acceptors (Lipinski definition) is 5. The summed E-state index contributed by atoms with van der Waals surface area (Å²) in [6, 6.07) is 23.0. The van der Waals surface area contributed by atoms with Crippen LogP contribution in [0.2, 0.25) is 0 Å². The molecule has 1 aliphatic rings. The molecule has 0 fully saturated rings. The Bertz CT molecular complexity index is 1130. The molecule has 0 unspecified atom stereocenters. The van der Waals surface area contributed by atoms with Crippen LogP contribution in [0.3, 0.4) is 0 Å². The maximum absolute atomic E-state index is 12.3. The third-order valence-corrected chi connectivity index (χ3v) is 4.61. The Morgan fingerprint density at radius 1 is 0.967 bits per heavy atom. The van der Waals surface area contributed by atoms with Gasteiger partial charge in [0.25, 0.3) is 0 Å². The summed E-state index contributed by atoms with van der Waals surface area (Å²) in [6.07, 6.45) is 1.68. The van der Waals surface area contributed by atoms with Gasteiger partial charge in [-0.25, -0.2) is 9.79 Å². The molecule has 5 heteroatoms. The van der Waals surface area contributed by atoms with Crippen molar-refractivity contribution in [2.75, 3.05) is 7.11 Å². The van der Waals surface area contributed by atoms with Crippen molar-refractivity contribution in [3.63, 3.8) is 0 Å². The van der Waals surface area contributed by atoms with Gasteiger partial charge in [0.15, 0.2) is 17.2 Å². The molecule has 30 heavy (non-hydrogen) atoms. The summed E-state index contributed by atoms with van der Waals surface area (Å²) in [5.74, 6) is 1.04. The van der Waals surface area contributed by atoms with Gasteiger partial charge in [-0.3, -0.25) is 0 Å². The molecule has 150 valence electrons. The number of carbonyl (C=O) groups excluding carboxylic acids is 1. The van der Waals surface area contributed by atoms with Crippen LogP contribution in [0.15, 0.2) is 83.5 Å². The van der Waals surface area contributed by atoms with E-state index in [1.54, 1.807) is 19.3 Å². The molecule has 0 bridgehead atoms. The lowest BCUT2D eigenvalue weighted by atomic mass is 10.1. The smallest absolute Gasteiger partial charge is 0.363 e. The van der Waals surface area contributed by atoms with E-state index in [1.807, 2.05) is 73.7 Å². The number of rotatable bonds is 6. The first kappa shape index (κ1) is 19.5. The Labute approximate surface area is 175 Å². The zero-order valence-corrected chi connectivity index (χ0v) is 16.8. The van der Waals surface area contributed by atoms with E-state index in [0.29, 0.717) is 24.0 Å². The van der Waals surface area contributed by atoms with E-state index in [-0.39, 0.29) is 5.70 Å². The van der Waals surface area contributed by atoms with Crippen LogP contribution in [0.1, 0.15) is 22.3 Å². The maximum Gasteiger partial charge on any atom is 0.363 e. The Morgan fingerprint density at radius 2 is 1.80 bits per heavy atom. The van der Waals surface area contributed by atoms with Gasteiger partial charge in [0.05, 0.1) is 7.11 Å². The normalized spacial score (nSPS) is 14.4. The molecule has 0 radical (unpaired) electrons. The number of hydrogen-bond donors (Lipinski definition) is 0. The Balaban J connectivity index is 1.59. The molecule has 0 atom stereocenters. The van der Waals surface area contributed by atoms with Gasteiger partial charge in [0.1, 0.15) is 6.61 Å². The van der Waals surface area contributed by atoms with Crippen molar-refractivity contribution in [3.05, 3.63) is 101 Å². The van der Waals surface area contributed by atoms with Gasteiger partial charge in [0.2, 0.25) is 5.90 Å². The summed E-state index contributed by atoms with van der Waals surface area (Å²) in [5, 5.41) is 0. The van der Waals surface area contributed by atoms with Crippen molar-refractivity contribution in [3.8, 4) is 11.5 Å². The number of aryl methyl sites for hydroxylation is 1. The van der Waals surface area contributed by atoms with Gasteiger partial charge in [-0.15, -0.1) is 0 Å². The van der Waals surface area contributed by atoms with Crippen LogP contribution in [-0.4, -0.2) is 19.0 Å². The van der Waals surface area contributed by atoms with Gasteiger partial charge < -0.3 is 14.2 Å². The van der Waals surface area contributed by atoms with Crippen molar-refractivity contribution >= 4 is 17.9 Å². The molecule has 3 aromatic rings. The first-order valence-corrected chi connectivity index (χ1v) is 9.57. The molecule has 1 aliphatic heterocycles.